The van der Waals surface area contributed by atoms with Crippen LogP contribution in [0.2, 0.25) is 0 Å². The van der Waals surface area contributed by atoms with E-state index >= 15 is 0 Å². The summed E-state index contributed by atoms with van der Waals surface area (Å²) in [6, 6.07) is 7.98. The Morgan fingerprint density at radius 3 is 2.50 bits per heavy atom. The number of nitrogens with zero attached hydrogens (tertiary/aromatic N) is 4. The predicted molar refractivity (Wildman–Crippen MR) is 103 cm³/mol. The van der Waals surface area contributed by atoms with Gasteiger partial charge in [-0.2, -0.15) is 0 Å². The van der Waals surface area contributed by atoms with Gasteiger partial charge in [0.25, 0.3) is 0 Å². The Hall–Kier alpha value is -2.22. The van der Waals surface area contributed by atoms with E-state index in [1.807, 2.05) is 30.0 Å². The smallest absolute Gasteiger partial charge is 0.317 e. The number of carbonyl (C=O) groups excluding carboxylic acids is 2. The van der Waals surface area contributed by atoms with Gasteiger partial charge in [-0.15, -0.1) is 0 Å². The molecule has 8 heteroatoms. The Balaban J connectivity index is 1.56. The summed E-state index contributed by atoms with van der Waals surface area (Å²) in [6.45, 7) is 7.75. The third kappa shape index (κ3) is 3.95. The molecule has 2 heterocycles. The normalized spacial score (nSPS) is 14.7. The Morgan fingerprint density at radius 1 is 1.12 bits per heavy atom. The molecule has 1 aliphatic rings. The molecule has 0 saturated carbocycles. The Labute approximate surface area is 157 Å². The van der Waals surface area contributed by atoms with Gasteiger partial charge in [-0.1, -0.05) is 23.9 Å². The van der Waals surface area contributed by atoms with Crippen LogP contribution in [0.5, 0.6) is 0 Å². The maximum Gasteiger partial charge on any atom is 0.317 e. The van der Waals surface area contributed by atoms with Crippen molar-refractivity contribution in [3.63, 3.8) is 0 Å². The van der Waals surface area contributed by atoms with Crippen molar-refractivity contribution >= 4 is 34.7 Å². The number of aryl methyl sites for hydroxylation is 1. The van der Waals surface area contributed by atoms with Crippen LogP contribution in [0.15, 0.2) is 29.4 Å². The molecule has 1 aliphatic heterocycles. The lowest BCUT2D eigenvalue weighted by Crippen LogP contribution is -2.53. The van der Waals surface area contributed by atoms with Crippen molar-refractivity contribution in [3.8, 4) is 0 Å². The van der Waals surface area contributed by atoms with E-state index in [2.05, 4.69) is 27.9 Å². The van der Waals surface area contributed by atoms with Crippen LogP contribution < -0.4 is 5.32 Å². The highest BCUT2D eigenvalue weighted by Gasteiger charge is 2.24. The lowest BCUT2D eigenvalue weighted by Gasteiger charge is -2.34. The number of aromatic nitrogens is 2. The molecule has 1 aromatic heterocycles. The first-order chi connectivity index (χ1) is 12.6. The third-order valence-corrected chi connectivity index (χ3v) is 5.47. The fraction of sp³-hybridized carbons (Fsp3) is 0.500. The second kappa shape index (κ2) is 8.44. The zero-order valence-electron chi connectivity index (χ0n) is 15.3. The molecule has 2 aromatic rings. The molecule has 1 fully saturated rings. The van der Waals surface area contributed by atoms with Crippen LogP contribution in [0.3, 0.4) is 0 Å². The summed E-state index contributed by atoms with van der Waals surface area (Å²) >= 11 is 1.48. The number of hydrogen-bond donors (Lipinski definition) is 1. The van der Waals surface area contributed by atoms with Gasteiger partial charge in [-0.25, -0.2) is 9.78 Å². The average molecular weight is 375 g/mol. The first kappa shape index (κ1) is 18.6. The van der Waals surface area contributed by atoms with Crippen molar-refractivity contribution in [1.29, 1.82) is 0 Å². The number of amides is 3. The predicted octanol–water partition coefficient (Wildman–Crippen LogP) is 2.02. The standard InChI is InChI=1S/C18H25N5O2S/c1-3-19-17(25)22-11-9-21(10-12-22)16(24)13-26-18-20-14-7-5-6-8-15(14)23(18)4-2/h5-8H,3-4,9-13H2,1-2H3,(H,19,25). The largest absolute Gasteiger partial charge is 0.338 e. The van der Waals surface area contributed by atoms with Gasteiger partial charge in [-0.3, -0.25) is 4.79 Å². The van der Waals surface area contributed by atoms with Gasteiger partial charge in [0.2, 0.25) is 5.91 Å². The number of piperazine rings is 1. The molecule has 26 heavy (non-hydrogen) atoms. The fourth-order valence-corrected chi connectivity index (χ4v) is 4.09. The van der Waals surface area contributed by atoms with Crippen molar-refractivity contribution in [3.05, 3.63) is 24.3 Å². The van der Waals surface area contributed by atoms with Gasteiger partial charge in [-0.05, 0) is 26.0 Å². The van der Waals surface area contributed by atoms with Crippen molar-refractivity contribution < 1.29 is 9.59 Å². The molecule has 0 unspecified atom stereocenters. The number of rotatable bonds is 5. The molecule has 0 atom stereocenters. The quantitative estimate of drug-likeness (QED) is 0.812. The number of nitrogens with one attached hydrogen (secondary N) is 1. The maximum absolute atomic E-state index is 12.5. The average Bonchev–Trinajstić information content (AvgIpc) is 3.04. The highest BCUT2D eigenvalue weighted by Crippen LogP contribution is 2.24. The lowest BCUT2D eigenvalue weighted by atomic mass is 10.3. The van der Waals surface area contributed by atoms with Crippen LogP contribution >= 0.6 is 11.8 Å². The molecule has 0 bridgehead atoms. The molecule has 1 aromatic carbocycles. The summed E-state index contributed by atoms with van der Waals surface area (Å²) in [5.74, 6) is 0.463. The van der Waals surface area contributed by atoms with Gasteiger partial charge in [0.15, 0.2) is 5.16 Å². The number of benzene rings is 1. The van der Waals surface area contributed by atoms with Crippen LogP contribution in [-0.4, -0.2) is 69.8 Å². The molecule has 140 valence electrons. The first-order valence-corrected chi connectivity index (χ1v) is 10.0. The third-order valence-electron chi connectivity index (χ3n) is 4.51. The van der Waals surface area contributed by atoms with Crippen molar-refractivity contribution in [2.75, 3.05) is 38.5 Å². The second-order valence-electron chi connectivity index (χ2n) is 6.12. The zero-order chi connectivity index (χ0) is 18.5. The topological polar surface area (TPSA) is 70.5 Å². The van der Waals surface area contributed by atoms with Crippen LogP contribution in [0, 0.1) is 0 Å². The number of thioether (sulfide) groups is 1. The summed E-state index contributed by atoms with van der Waals surface area (Å²) in [7, 11) is 0. The Morgan fingerprint density at radius 2 is 1.81 bits per heavy atom. The number of hydrogen-bond acceptors (Lipinski definition) is 4. The molecule has 0 radical (unpaired) electrons. The van der Waals surface area contributed by atoms with Gasteiger partial charge in [0.05, 0.1) is 16.8 Å². The molecular formula is C18H25N5O2S. The van der Waals surface area contributed by atoms with Gasteiger partial charge in [0.1, 0.15) is 0 Å². The van der Waals surface area contributed by atoms with E-state index in [9.17, 15) is 9.59 Å². The van der Waals surface area contributed by atoms with Crippen LogP contribution in [0.4, 0.5) is 4.79 Å². The van der Waals surface area contributed by atoms with Crippen LogP contribution in [0.1, 0.15) is 13.8 Å². The molecule has 0 aliphatic carbocycles. The van der Waals surface area contributed by atoms with Gasteiger partial charge >= 0.3 is 6.03 Å². The van der Waals surface area contributed by atoms with Crippen LogP contribution in [-0.2, 0) is 11.3 Å². The minimum absolute atomic E-state index is 0.0503. The number of imidazole rings is 1. The molecule has 1 N–H and O–H groups in total. The summed E-state index contributed by atoms with van der Waals surface area (Å²) in [5.41, 5.74) is 2.06. The summed E-state index contributed by atoms with van der Waals surface area (Å²) in [5, 5.41) is 3.68. The van der Waals surface area contributed by atoms with E-state index in [1.165, 1.54) is 11.8 Å². The number of para-hydroxylation sites is 2. The molecule has 3 rings (SSSR count). The first-order valence-electron chi connectivity index (χ1n) is 9.02. The lowest BCUT2D eigenvalue weighted by molar-refractivity contribution is -0.129. The van der Waals surface area contributed by atoms with E-state index in [-0.39, 0.29) is 11.9 Å². The van der Waals surface area contributed by atoms with E-state index in [0.29, 0.717) is 38.5 Å². The fourth-order valence-electron chi connectivity index (χ4n) is 3.11. The SMILES string of the molecule is CCNC(=O)N1CCN(C(=O)CSc2nc3ccccc3n2CC)CC1. The monoisotopic (exact) mass is 375 g/mol. The van der Waals surface area contributed by atoms with E-state index in [4.69, 9.17) is 0 Å². The Kier molecular flexibility index (Phi) is 6.03. The number of urea groups is 1. The molecule has 3 amide bonds. The summed E-state index contributed by atoms with van der Waals surface area (Å²) in [4.78, 5) is 32.6. The highest BCUT2D eigenvalue weighted by atomic mass is 32.2. The molecule has 1 saturated heterocycles. The molecule has 7 nitrogen and oxygen atoms in total. The van der Waals surface area contributed by atoms with Crippen LogP contribution in [0.25, 0.3) is 11.0 Å². The minimum atomic E-state index is -0.0503. The van der Waals surface area contributed by atoms with Gasteiger partial charge < -0.3 is 19.7 Å². The van der Waals surface area contributed by atoms with Gasteiger partial charge in [0, 0.05) is 39.3 Å². The summed E-state index contributed by atoms with van der Waals surface area (Å²) < 4.78 is 2.14. The second-order valence-corrected chi connectivity index (χ2v) is 7.06. The van der Waals surface area contributed by atoms with Crippen molar-refractivity contribution in [1.82, 2.24) is 24.7 Å². The molecule has 0 spiro atoms. The maximum atomic E-state index is 12.5. The molecular weight excluding hydrogens is 350 g/mol. The van der Waals surface area contributed by atoms with E-state index in [0.717, 1.165) is 22.7 Å². The van der Waals surface area contributed by atoms with E-state index in [1.54, 1.807) is 4.90 Å². The summed E-state index contributed by atoms with van der Waals surface area (Å²) in [6.07, 6.45) is 0. The van der Waals surface area contributed by atoms with E-state index < -0.39 is 0 Å². The number of carbonyl (C=O) groups is 2. The minimum Gasteiger partial charge on any atom is -0.338 e. The van der Waals surface area contributed by atoms with Crippen molar-refractivity contribution in [2.24, 2.45) is 0 Å². The van der Waals surface area contributed by atoms with Crippen molar-refractivity contribution in [2.45, 2.75) is 25.5 Å². The zero-order valence-corrected chi connectivity index (χ0v) is 16.1. The highest BCUT2D eigenvalue weighted by molar-refractivity contribution is 7.99. The number of fused-ring (bicyclic) bond motifs is 1. The Bertz CT molecular complexity index is 783.